The summed E-state index contributed by atoms with van der Waals surface area (Å²) in [6.45, 7) is 0. The molecule has 6 heteroatoms. The molecular weight excluding hydrogens is 589 g/mol. The van der Waals surface area contributed by atoms with Crippen molar-refractivity contribution in [1.29, 1.82) is 5.26 Å². The average molecular weight is 615 g/mol. The first-order valence-corrected chi connectivity index (χ1v) is 15.6. The fourth-order valence-electron chi connectivity index (χ4n) is 5.73. The summed E-state index contributed by atoms with van der Waals surface area (Å²) in [5.74, 6) is 1.85. The number of aromatic nitrogens is 5. The minimum atomic E-state index is 0.598. The SMILES string of the molecule is N#Cc1ccc(-c2nc3ccccc3nc2-c2cccc(-c3cccc(-c4nc(-c5ccccc5)nc(-c5ccccc5)n4)c3)c2)cc1. The second-order valence-electron chi connectivity index (χ2n) is 11.3. The van der Waals surface area contributed by atoms with E-state index in [1.807, 2.05) is 127 Å². The first-order valence-electron chi connectivity index (χ1n) is 15.6. The molecule has 48 heavy (non-hydrogen) atoms. The van der Waals surface area contributed by atoms with Crippen molar-refractivity contribution in [1.82, 2.24) is 24.9 Å². The highest BCUT2D eigenvalue weighted by molar-refractivity contribution is 5.87. The summed E-state index contributed by atoms with van der Waals surface area (Å²) < 4.78 is 0. The number of para-hydroxylation sites is 2. The van der Waals surface area contributed by atoms with E-state index in [4.69, 9.17) is 24.9 Å². The summed E-state index contributed by atoms with van der Waals surface area (Å²) in [4.78, 5) is 24.8. The van der Waals surface area contributed by atoms with Gasteiger partial charge in [0.25, 0.3) is 0 Å². The fourth-order valence-corrected chi connectivity index (χ4v) is 5.73. The molecule has 0 bridgehead atoms. The van der Waals surface area contributed by atoms with Crippen LogP contribution in [0.1, 0.15) is 5.56 Å². The fraction of sp³-hybridized carbons (Fsp3) is 0. The van der Waals surface area contributed by atoms with Crippen LogP contribution in [0.4, 0.5) is 0 Å². The van der Waals surface area contributed by atoms with Gasteiger partial charge in [-0.2, -0.15) is 5.26 Å². The van der Waals surface area contributed by atoms with Crippen molar-refractivity contribution in [3.63, 3.8) is 0 Å². The summed E-state index contributed by atoms with van der Waals surface area (Å²) in [5, 5.41) is 9.35. The van der Waals surface area contributed by atoms with E-state index in [1.54, 1.807) is 0 Å². The molecule has 0 amide bonds. The van der Waals surface area contributed by atoms with Crippen LogP contribution in [0.5, 0.6) is 0 Å². The summed E-state index contributed by atoms with van der Waals surface area (Å²) in [7, 11) is 0. The summed E-state index contributed by atoms with van der Waals surface area (Å²) in [6.07, 6.45) is 0. The van der Waals surface area contributed by atoms with Gasteiger partial charge in [0, 0.05) is 27.8 Å². The smallest absolute Gasteiger partial charge is 0.164 e. The molecule has 0 spiro atoms. The molecule has 0 N–H and O–H groups in total. The maximum Gasteiger partial charge on any atom is 0.164 e. The standard InChI is InChI=1S/C42H26N6/c43-27-28-21-23-29(24-22-28)38-39(45-37-20-8-7-19-36(37)44-38)34-17-9-15-32(25-34)33-16-10-18-35(26-33)42-47-40(30-11-3-1-4-12-30)46-41(48-42)31-13-5-2-6-14-31/h1-26H. The molecule has 0 saturated carbocycles. The molecule has 0 fully saturated rings. The van der Waals surface area contributed by atoms with Crippen molar-refractivity contribution in [2.75, 3.05) is 0 Å². The highest BCUT2D eigenvalue weighted by Crippen LogP contribution is 2.34. The molecule has 8 rings (SSSR count). The van der Waals surface area contributed by atoms with Crippen LogP contribution >= 0.6 is 0 Å². The third-order valence-corrected chi connectivity index (χ3v) is 8.15. The van der Waals surface area contributed by atoms with Gasteiger partial charge in [0.2, 0.25) is 0 Å². The number of hydrogen-bond acceptors (Lipinski definition) is 6. The predicted octanol–water partition coefficient (Wildman–Crippen LogP) is 9.69. The van der Waals surface area contributed by atoms with Gasteiger partial charge in [0.15, 0.2) is 17.5 Å². The largest absolute Gasteiger partial charge is 0.244 e. The zero-order valence-electron chi connectivity index (χ0n) is 25.7. The van der Waals surface area contributed by atoms with Gasteiger partial charge < -0.3 is 0 Å². The Labute approximate surface area is 277 Å². The van der Waals surface area contributed by atoms with Gasteiger partial charge in [0.05, 0.1) is 34.1 Å². The lowest BCUT2D eigenvalue weighted by molar-refractivity contribution is 1.07. The molecule has 0 radical (unpaired) electrons. The zero-order valence-corrected chi connectivity index (χ0v) is 25.7. The Hall–Kier alpha value is -6.84. The molecule has 0 atom stereocenters. The van der Waals surface area contributed by atoms with Gasteiger partial charge in [-0.1, -0.05) is 121 Å². The minimum absolute atomic E-state index is 0.598. The third kappa shape index (κ3) is 5.68. The van der Waals surface area contributed by atoms with Gasteiger partial charge in [-0.3, -0.25) is 0 Å². The van der Waals surface area contributed by atoms with Crippen LogP contribution in [0.2, 0.25) is 0 Å². The average Bonchev–Trinajstić information content (AvgIpc) is 3.18. The van der Waals surface area contributed by atoms with Crippen molar-refractivity contribution in [2.45, 2.75) is 0 Å². The number of rotatable bonds is 6. The van der Waals surface area contributed by atoms with Gasteiger partial charge in [-0.15, -0.1) is 0 Å². The summed E-state index contributed by atoms with van der Waals surface area (Å²) in [5.41, 5.74) is 10.4. The molecule has 224 valence electrons. The monoisotopic (exact) mass is 614 g/mol. The Morgan fingerprint density at radius 2 is 0.750 bits per heavy atom. The second-order valence-corrected chi connectivity index (χ2v) is 11.3. The molecule has 2 aromatic heterocycles. The molecule has 0 unspecified atom stereocenters. The Kier molecular flexibility index (Phi) is 7.46. The van der Waals surface area contributed by atoms with E-state index in [2.05, 4.69) is 36.4 Å². The predicted molar refractivity (Wildman–Crippen MR) is 190 cm³/mol. The van der Waals surface area contributed by atoms with E-state index >= 15 is 0 Å². The number of nitriles is 1. The molecular formula is C42H26N6. The normalized spacial score (nSPS) is 10.9. The lowest BCUT2D eigenvalue weighted by atomic mass is 9.97. The van der Waals surface area contributed by atoms with Crippen LogP contribution in [0.15, 0.2) is 158 Å². The number of nitrogens with zero attached hydrogens (tertiary/aromatic N) is 6. The van der Waals surface area contributed by atoms with Crippen molar-refractivity contribution in [2.24, 2.45) is 0 Å². The van der Waals surface area contributed by atoms with E-state index in [0.29, 0.717) is 23.0 Å². The molecule has 2 heterocycles. The summed E-state index contributed by atoms with van der Waals surface area (Å²) >= 11 is 0. The number of benzene rings is 6. The Balaban J connectivity index is 1.23. The van der Waals surface area contributed by atoms with Crippen LogP contribution in [-0.2, 0) is 0 Å². The molecule has 8 aromatic rings. The van der Waals surface area contributed by atoms with Crippen LogP contribution < -0.4 is 0 Å². The van der Waals surface area contributed by atoms with Gasteiger partial charge >= 0.3 is 0 Å². The lowest BCUT2D eigenvalue weighted by Gasteiger charge is -2.13. The van der Waals surface area contributed by atoms with E-state index in [0.717, 1.165) is 61.4 Å². The van der Waals surface area contributed by atoms with Gasteiger partial charge in [-0.25, -0.2) is 24.9 Å². The maximum absolute atomic E-state index is 9.35. The quantitative estimate of drug-likeness (QED) is 0.185. The molecule has 6 aromatic carbocycles. The van der Waals surface area contributed by atoms with Crippen LogP contribution in [0.3, 0.4) is 0 Å². The Bertz CT molecular complexity index is 2390. The zero-order chi connectivity index (χ0) is 32.3. The van der Waals surface area contributed by atoms with Crippen molar-refractivity contribution in [3.8, 4) is 73.9 Å². The Morgan fingerprint density at radius 1 is 0.333 bits per heavy atom. The van der Waals surface area contributed by atoms with E-state index in [-0.39, 0.29) is 0 Å². The van der Waals surface area contributed by atoms with Crippen molar-refractivity contribution < 1.29 is 0 Å². The van der Waals surface area contributed by atoms with Crippen molar-refractivity contribution >= 4 is 11.0 Å². The topological polar surface area (TPSA) is 88.2 Å². The van der Waals surface area contributed by atoms with Crippen molar-refractivity contribution in [3.05, 3.63) is 163 Å². The van der Waals surface area contributed by atoms with Gasteiger partial charge in [0.1, 0.15) is 0 Å². The highest BCUT2D eigenvalue weighted by Gasteiger charge is 2.16. The minimum Gasteiger partial charge on any atom is -0.244 e. The van der Waals surface area contributed by atoms with Crippen LogP contribution in [0, 0.1) is 11.3 Å². The number of hydrogen-bond donors (Lipinski definition) is 0. The first kappa shape index (κ1) is 28.6. The van der Waals surface area contributed by atoms with Crippen LogP contribution in [0.25, 0.3) is 78.8 Å². The molecule has 0 aliphatic carbocycles. The highest BCUT2D eigenvalue weighted by atomic mass is 15.0. The van der Waals surface area contributed by atoms with E-state index < -0.39 is 0 Å². The Morgan fingerprint density at radius 3 is 1.29 bits per heavy atom. The first-order chi connectivity index (χ1) is 23.7. The van der Waals surface area contributed by atoms with Gasteiger partial charge in [-0.05, 0) is 47.5 Å². The maximum atomic E-state index is 9.35. The number of fused-ring (bicyclic) bond motifs is 1. The lowest BCUT2D eigenvalue weighted by Crippen LogP contribution is -2.00. The molecule has 0 saturated heterocycles. The summed E-state index contributed by atoms with van der Waals surface area (Å²) in [6, 6.07) is 54.1. The third-order valence-electron chi connectivity index (χ3n) is 8.15. The molecule has 0 aliphatic heterocycles. The van der Waals surface area contributed by atoms with Crippen LogP contribution in [-0.4, -0.2) is 24.9 Å². The van der Waals surface area contributed by atoms with E-state index in [1.165, 1.54) is 0 Å². The molecule has 0 aliphatic rings. The second kappa shape index (κ2) is 12.5. The molecule has 6 nitrogen and oxygen atoms in total. The van der Waals surface area contributed by atoms with E-state index in [9.17, 15) is 5.26 Å².